The average molecular weight is 638 g/mol. The molecule has 1 aliphatic heterocycles. The number of aryl methyl sites for hydroxylation is 2. The van der Waals surface area contributed by atoms with Crippen molar-refractivity contribution in [2.75, 3.05) is 47.1 Å². The fourth-order valence-electron chi connectivity index (χ4n) is 5.31. The lowest BCUT2D eigenvalue weighted by atomic mass is 9.80. The molecule has 0 spiro atoms. The van der Waals surface area contributed by atoms with E-state index in [4.69, 9.17) is 24.2 Å². The number of fused-ring (bicyclic) bond motifs is 1. The number of ether oxygens (including phenoxy) is 1. The van der Waals surface area contributed by atoms with Crippen LogP contribution >= 0.6 is 0 Å². The summed E-state index contributed by atoms with van der Waals surface area (Å²) in [5, 5.41) is -0.00528. The minimum atomic E-state index is -3.97. The standard InChI is InChI=1S/C28H40N6O9S/c1-6-8-20-17-32(3)25-24(20)29-26(30-27(25)35)22-16-21(9-10-23(22)41-15-7-2)44(37,38)33-13-11-28(12-14-33,18-42-31-39-4)19-43-34(36)40-5/h9-10,16-17,31H,6-8,11-15,18-19H2,1-5H3/p+1. The van der Waals surface area contributed by atoms with E-state index in [9.17, 15) is 18.1 Å². The van der Waals surface area contributed by atoms with Crippen LogP contribution in [0.15, 0.2) is 34.1 Å². The van der Waals surface area contributed by atoms with Crippen LogP contribution in [0.4, 0.5) is 0 Å². The van der Waals surface area contributed by atoms with Crippen LogP contribution in [0.25, 0.3) is 22.4 Å². The molecule has 1 aliphatic rings. The molecule has 0 unspecified atom stereocenters. The minimum Gasteiger partial charge on any atom is -0.493 e. The molecule has 0 saturated carbocycles. The summed E-state index contributed by atoms with van der Waals surface area (Å²) in [7, 11) is 0.399. The maximum absolute atomic E-state index is 13.9. The van der Waals surface area contributed by atoms with Crippen LogP contribution in [0.2, 0.25) is 0 Å². The van der Waals surface area contributed by atoms with Gasteiger partial charge in [0.2, 0.25) is 10.0 Å². The first kappa shape index (κ1) is 33.3. The van der Waals surface area contributed by atoms with E-state index in [1.165, 1.54) is 30.7 Å². The molecule has 0 atom stereocenters. The van der Waals surface area contributed by atoms with E-state index in [0.29, 0.717) is 41.8 Å². The molecule has 1 fully saturated rings. The predicted octanol–water partition coefficient (Wildman–Crippen LogP) is 2.80. The molecule has 0 aliphatic carbocycles. The number of benzene rings is 1. The molecule has 16 heteroatoms. The van der Waals surface area contributed by atoms with Crippen molar-refractivity contribution >= 4 is 21.1 Å². The zero-order chi connectivity index (χ0) is 31.9. The molecule has 3 aromatic rings. The van der Waals surface area contributed by atoms with Gasteiger partial charge in [0.05, 0.1) is 36.3 Å². The number of sulfonamides is 1. The van der Waals surface area contributed by atoms with Crippen molar-refractivity contribution in [3.8, 4) is 17.1 Å². The van der Waals surface area contributed by atoms with Gasteiger partial charge in [-0.3, -0.25) is 14.5 Å². The van der Waals surface area contributed by atoms with Gasteiger partial charge in [0.15, 0.2) is 13.7 Å². The zero-order valence-corrected chi connectivity index (χ0v) is 26.6. The van der Waals surface area contributed by atoms with Crippen LogP contribution in [-0.2, 0) is 42.8 Å². The van der Waals surface area contributed by atoms with Crippen LogP contribution in [0, 0.1) is 10.3 Å². The van der Waals surface area contributed by atoms with E-state index < -0.39 is 15.4 Å². The highest BCUT2D eigenvalue weighted by Crippen LogP contribution is 2.37. The van der Waals surface area contributed by atoms with Gasteiger partial charge in [-0.1, -0.05) is 25.9 Å². The zero-order valence-electron chi connectivity index (χ0n) is 25.8. The second-order valence-corrected chi connectivity index (χ2v) is 12.7. The van der Waals surface area contributed by atoms with Gasteiger partial charge in [0.25, 0.3) is 5.56 Å². The highest BCUT2D eigenvalue weighted by Gasteiger charge is 2.42. The van der Waals surface area contributed by atoms with E-state index in [2.05, 4.69) is 22.4 Å². The first-order valence-corrected chi connectivity index (χ1v) is 15.9. The van der Waals surface area contributed by atoms with Gasteiger partial charge in [0, 0.05) is 31.7 Å². The van der Waals surface area contributed by atoms with Crippen molar-refractivity contribution < 1.29 is 37.6 Å². The first-order chi connectivity index (χ1) is 21.1. The lowest BCUT2D eigenvalue weighted by Gasteiger charge is -2.38. The third kappa shape index (κ3) is 7.21. The molecule has 15 nitrogen and oxygen atoms in total. The van der Waals surface area contributed by atoms with E-state index >= 15 is 0 Å². The molecule has 2 N–H and O–H groups in total. The number of nitrogens with one attached hydrogen (secondary N) is 2. The smallest absolute Gasteiger partial charge is 0.477 e. The maximum Gasteiger partial charge on any atom is 0.477 e. The number of hydrogen-bond acceptors (Lipinski definition) is 11. The molecular formula is C28H41N6O9S+. The summed E-state index contributed by atoms with van der Waals surface area (Å²) in [6.45, 7) is 4.74. The minimum absolute atomic E-state index is 0.00528. The predicted molar refractivity (Wildman–Crippen MR) is 160 cm³/mol. The average Bonchev–Trinajstić information content (AvgIpc) is 3.34. The van der Waals surface area contributed by atoms with Crippen molar-refractivity contribution in [3.05, 3.63) is 45.2 Å². The van der Waals surface area contributed by atoms with E-state index in [1.807, 2.05) is 13.1 Å². The number of rotatable bonds is 16. The first-order valence-electron chi connectivity index (χ1n) is 14.5. The van der Waals surface area contributed by atoms with Crippen molar-refractivity contribution in [1.82, 2.24) is 24.5 Å². The number of hydrogen-bond donors (Lipinski definition) is 2. The number of piperidine rings is 1. The highest BCUT2D eigenvalue weighted by atomic mass is 32.2. The quantitative estimate of drug-likeness (QED) is 0.175. The Hall–Kier alpha value is -3.57. The summed E-state index contributed by atoms with van der Waals surface area (Å²) in [6, 6.07) is 4.59. The second kappa shape index (κ2) is 14.5. The highest BCUT2D eigenvalue weighted by molar-refractivity contribution is 7.89. The van der Waals surface area contributed by atoms with Crippen LogP contribution in [-0.4, -0.2) is 79.5 Å². The van der Waals surface area contributed by atoms with Gasteiger partial charge in [-0.25, -0.2) is 13.4 Å². The van der Waals surface area contributed by atoms with Crippen molar-refractivity contribution in [1.29, 1.82) is 0 Å². The molecule has 3 heterocycles. The van der Waals surface area contributed by atoms with Gasteiger partial charge in [-0.05, 0) is 49.4 Å². The Bertz CT molecular complexity index is 1610. The van der Waals surface area contributed by atoms with Crippen LogP contribution in [0.3, 0.4) is 0 Å². The Labute approximate surface area is 255 Å². The van der Waals surface area contributed by atoms with Crippen LogP contribution < -0.4 is 15.9 Å². The maximum atomic E-state index is 13.9. The molecule has 1 saturated heterocycles. The number of nitrogens with zero attached hydrogens (tertiary/aromatic N) is 4. The molecule has 2 aromatic heterocycles. The van der Waals surface area contributed by atoms with E-state index in [0.717, 1.165) is 24.8 Å². The summed E-state index contributed by atoms with van der Waals surface area (Å²) in [5.74, 6) is 0.645. The summed E-state index contributed by atoms with van der Waals surface area (Å²) in [6.07, 6.45) is 4.92. The molecule has 242 valence electrons. The van der Waals surface area contributed by atoms with Crippen LogP contribution in [0.1, 0.15) is 45.1 Å². The molecule has 0 radical (unpaired) electrons. The number of aromatic amines is 1. The van der Waals surface area contributed by atoms with Gasteiger partial charge < -0.3 is 14.3 Å². The SMILES string of the molecule is CCCOc1ccc(S(=O)(=O)N2CCC(CONOC)(CO[N+](=O)OC)CC2)cc1-c1nc2c(CCC)cn(C)c2c(=O)[nH]1. The summed E-state index contributed by atoms with van der Waals surface area (Å²) >= 11 is 0. The molecule has 0 amide bonds. The second-order valence-electron chi connectivity index (χ2n) is 10.8. The van der Waals surface area contributed by atoms with Gasteiger partial charge in [-0.15, -0.1) is 0 Å². The Kier molecular flexibility index (Phi) is 11.0. The van der Waals surface area contributed by atoms with Crippen LogP contribution in [0.5, 0.6) is 5.75 Å². The Balaban J connectivity index is 1.67. The van der Waals surface area contributed by atoms with Gasteiger partial charge >= 0.3 is 5.09 Å². The molecule has 0 bridgehead atoms. The number of aromatic nitrogens is 3. The van der Waals surface area contributed by atoms with E-state index in [-0.39, 0.29) is 47.7 Å². The van der Waals surface area contributed by atoms with Gasteiger partial charge in [0.1, 0.15) is 22.0 Å². The topological polar surface area (TPSA) is 166 Å². The van der Waals surface area contributed by atoms with Crippen molar-refractivity contribution in [3.63, 3.8) is 0 Å². The fraction of sp³-hybridized carbons (Fsp3) is 0.571. The fourth-order valence-corrected chi connectivity index (χ4v) is 6.78. The van der Waals surface area contributed by atoms with Gasteiger partial charge in [-0.2, -0.15) is 14.0 Å². The monoisotopic (exact) mass is 637 g/mol. The number of H-pyrrole nitrogens is 1. The third-order valence-corrected chi connectivity index (χ3v) is 9.55. The molecular weight excluding hydrogens is 596 g/mol. The van der Waals surface area contributed by atoms with E-state index in [1.54, 1.807) is 17.7 Å². The Morgan fingerprint density at radius 3 is 2.55 bits per heavy atom. The summed E-state index contributed by atoms with van der Waals surface area (Å²) in [5.41, 5.74) is 3.63. The Morgan fingerprint density at radius 2 is 1.89 bits per heavy atom. The largest absolute Gasteiger partial charge is 0.493 e. The normalized spacial score (nSPS) is 15.4. The third-order valence-electron chi connectivity index (χ3n) is 7.66. The van der Waals surface area contributed by atoms with Crippen molar-refractivity contribution in [2.24, 2.45) is 12.5 Å². The molecule has 44 heavy (non-hydrogen) atoms. The van der Waals surface area contributed by atoms with Crippen molar-refractivity contribution in [2.45, 2.75) is 50.8 Å². The molecule has 1 aromatic carbocycles. The molecule has 4 rings (SSSR count). The summed E-state index contributed by atoms with van der Waals surface area (Å²) < 4.78 is 36.9. The Morgan fingerprint density at radius 1 is 1.14 bits per heavy atom. The lowest BCUT2D eigenvalue weighted by molar-refractivity contribution is -0.978. The lowest BCUT2D eigenvalue weighted by Crippen LogP contribution is -2.48. The summed E-state index contributed by atoms with van der Waals surface area (Å²) in [4.78, 5) is 52.1.